The van der Waals surface area contributed by atoms with Gasteiger partial charge in [-0.25, -0.2) is 13.6 Å². The monoisotopic (exact) mass is 553 g/mol. The van der Waals surface area contributed by atoms with E-state index in [0.717, 1.165) is 0 Å². The summed E-state index contributed by atoms with van der Waals surface area (Å²) in [5, 5.41) is 1.32. The molecule has 0 unspecified atom stereocenters. The lowest BCUT2D eigenvalue weighted by molar-refractivity contribution is 0.0193. The molecular formula is C28H26ClF2N5O3. The van der Waals surface area contributed by atoms with Crippen LogP contribution in [0.15, 0.2) is 36.5 Å². The van der Waals surface area contributed by atoms with Crippen LogP contribution in [0.1, 0.15) is 27.2 Å². The molecule has 202 valence electrons. The van der Waals surface area contributed by atoms with Crippen LogP contribution in [-0.4, -0.2) is 63.8 Å². The molecule has 11 heteroatoms. The van der Waals surface area contributed by atoms with Gasteiger partial charge in [0, 0.05) is 30.2 Å². The van der Waals surface area contributed by atoms with E-state index in [9.17, 15) is 9.18 Å². The average molecular weight is 554 g/mol. The molecule has 0 N–H and O–H groups in total. The Labute approximate surface area is 228 Å². The molecule has 4 aromatic rings. The third-order valence-corrected chi connectivity index (χ3v) is 7.58. The largest absolute Gasteiger partial charge is 0.467 e. The predicted molar refractivity (Wildman–Crippen MR) is 144 cm³/mol. The van der Waals surface area contributed by atoms with E-state index in [1.54, 1.807) is 29.2 Å². The number of hydrogen-bond donors (Lipinski definition) is 0. The fraction of sp³-hybridized carbons (Fsp3) is 0.357. The van der Waals surface area contributed by atoms with Crippen LogP contribution in [0.25, 0.3) is 32.9 Å². The molecule has 0 radical (unpaired) electrons. The first kappa shape index (κ1) is 25.5. The summed E-state index contributed by atoms with van der Waals surface area (Å²) in [4.78, 5) is 29.7. The molecule has 0 aliphatic carbocycles. The van der Waals surface area contributed by atoms with Crippen LogP contribution in [0.5, 0.6) is 6.01 Å². The normalized spacial score (nSPS) is 18.8. The highest BCUT2D eigenvalue weighted by atomic mass is 35.5. The summed E-state index contributed by atoms with van der Waals surface area (Å²) < 4.78 is 41.4. The number of aromatic nitrogens is 3. The van der Waals surface area contributed by atoms with Gasteiger partial charge in [-0.15, -0.1) is 0 Å². The van der Waals surface area contributed by atoms with Crippen LogP contribution in [0, 0.1) is 11.6 Å². The number of likely N-dealkylation sites (tertiary alicyclic amines) is 1. The molecule has 1 amide bonds. The zero-order valence-corrected chi connectivity index (χ0v) is 22.6. The number of methoxy groups -OCH3 is 1. The second kappa shape index (κ2) is 9.15. The van der Waals surface area contributed by atoms with Gasteiger partial charge in [0.05, 0.1) is 29.6 Å². The highest BCUT2D eigenvalue weighted by Crippen LogP contribution is 2.42. The molecule has 2 aliphatic rings. The Hall–Kier alpha value is -3.79. The average Bonchev–Trinajstić information content (AvgIpc) is 3.21. The minimum atomic E-state index is -0.693. The van der Waals surface area contributed by atoms with Gasteiger partial charge in [-0.1, -0.05) is 35.9 Å². The van der Waals surface area contributed by atoms with Crippen LogP contribution in [0.4, 0.5) is 19.4 Å². The van der Waals surface area contributed by atoms with E-state index >= 15 is 4.39 Å². The summed E-state index contributed by atoms with van der Waals surface area (Å²) in [6, 6.07) is 7.97. The zero-order valence-electron chi connectivity index (χ0n) is 21.8. The van der Waals surface area contributed by atoms with Gasteiger partial charge in [0.1, 0.15) is 28.4 Å². The number of amides is 1. The van der Waals surface area contributed by atoms with Crippen molar-refractivity contribution in [1.82, 2.24) is 19.9 Å². The van der Waals surface area contributed by atoms with E-state index in [1.165, 1.54) is 19.4 Å². The summed E-state index contributed by atoms with van der Waals surface area (Å²) in [5.41, 5.74) is -0.221. The summed E-state index contributed by atoms with van der Waals surface area (Å²) in [5.74, 6) is -0.821. The Morgan fingerprint density at radius 2 is 1.92 bits per heavy atom. The van der Waals surface area contributed by atoms with Crippen molar-refractivity contribution in [3.8, 4) is 17.3 Å². The Morgan fingerprint density at radius 1 is 1.13 bits per heavy atom. The molecule has 2 aromatic carbocycles. The van der Waals surface area contributed by atoms with Crippen LogP contribution in [-0.2, 0) is 4.74 Å². The van der Waals surface area contributed by atoms with Gasteiger partial charge in [-0.2, -0.15) is 9.97 Å². The molecule has 0 bridgehead atoms. The summed E-state index contributed by atoms with van der Waals surface area (Å²) in [6.07, 6.45) is 1.89. The minimum absolute atomic E-state index is 0.000918. The quantitative estimate of drug-likeness (QED) is 0.308. The number of nitrogens with zero attached hydrogens (tertiary/aromatic N) is 5. The summed E-state index contributed by atoms with van der Waals surface area (Å²) >= 11 is 6.30. The lowest BCUT2D eigenvalue weighted by Gasteiger charge is -2.47. The Bertz CT molecular complexity index is 1640. The maximum atomic E-state index is 16.2. The second-order valence-electron chi connectivity index (χ2n) is 10.7. The van der Waals surface area contributed by atoms with Gasteiger partial charge >= 0.3 is 12.1 Å². The van der Waals surface area contributed by atoms with Crippen molar-refractivity contribution in [2.75, 3.05) is 25.1 Å². The predicted octanol–water partition coefficient (Wildman–Crippen LogP) is 5.98. The number of pyridine rings is 1. The van der Waals surface area contributed by atoms with E-state index in [2.05, 4.69) is 15.0 Å². The van der Waals surface area contributed by atoms with Crippen molar-refractivity contribution >= 4 is 45.2 Å². The van der Waals surface area contributed by atoms with Gasteiger partial charge in [-0.3, -0.25) is 4.98 Å². The first-order chi connectivity index (χ1) is 18.6. The molecule has 2 aromatic heterocycles. The first-order valence-electron chi connectivity index (χ1n) is 12.6. The van der Waals surface area contributed by atoms with E-state index in [-0.39, 0.29) is 40.4 Å². The maximum absolute atomic E-state index is 16.2. The molecule has 6 rings (SSSR count). The summed E-state index contributed by atoms with van der Waals surface area (Å²) in [6.45, 7) is 6.56. The minimum Gasteiger partial charge on any atom is -0.467 e. The van der Waals surface area contributed by atoms with Crippen LogP contribution in [0.2, 0.25) is 5.02 Å². The number of benzene rings is 2. The van der Waals surface area contributed by atoms with Crippen LogP contribution in [0.3, 0.4) is 0 Å². The van der Waals surface area contributed by atoms with E-state index in [0.29, 0.717) is 47.1 Å². The number of ether oxygens (including phenoxy) is 2. The van der Waals surface area contributed by atoms with Crippen LogP contribution < -0.4 is 9.64 Å². The number of rotatable bonds is 3. The molecule has 2 fully saturated rings. The number of anilines is 1. The van der Waals surface area contributed by atoms with Gasteiger partial charge in [0.15, 0.2) is 5.82 Å². The van der Waals surface area contributed by atoms with Crippen molar-refractivity contribution in [3.05, 3.63) is 53.2 Å². The molecule has 2 saturated heterocycles. The van der Waals surface area contributed by atoms with E-state index in [4.69, 9.17) is 21.1 Å². The Balaban J connectivity index is 1.41. The van der Waals surface area contributed by atoms with Gasteiger partial charge in [0.25, 0.3) is 0 Å². The van der Waals surface area contributed by atoms with E-state index in [1.807, 2.05) is 25.7 Å². The molecular weight excluding hydrogens is 528 g/mol. The molecule has 8 nitrogen and oxygen atoms in total. The third-order valence-electron chi connectivity index (χ3n) is 7.21. The van der Waals surface area contributed by atoms with Gasteiger partial charge in [0.2, 0.25) is 0 Å². The zero-order chi connectivity index (χ0) is 27.6. The molecule has 0 spiro atoms. The Morgan fingerprint density at radius 3 is 2.67 bits per heavy atom. The standard InChI is InChI=1S/C28H26ClF2N5O3/c1-28(2,3)39-27(37)35-11-10-18-19(35)13-36(18)25-16-12-32-23(22(31)24(16)33-26(34-25)38-4)15-7-5-6-14-8-9-17(30)21(29)20(14)15/h5-9,12,18-19H,10-11,13H2,1-4H3/t18-,19-/m1/s1. The van der Waals surface area contributed by atoms with Crippen LogP contribution >= 0.6 is 11.6 Å². The van der Waals surface area contributed by atoms with Crippen molar-refractivity contribution in [3.63, 3.8) is 0 Å². The fourth-order valence-electron chi connectivity index (χ4n) is 5.44. The van der Waals surface area contributed by atoms with Gasteiger partial charge in [-0.05, 0) is 38.6 Å². The van der Waals surface area contributed by atoms with Gasteiger partial charge < -0.3 is 19.3 Å². The van der Waals surface area contributed by atoms with Crippen molar-refractivity contribution < 1.29 is 23.0 Å². The molecule has 4 heterocycles. The smallest absolute Gasteiger partial charge is 0.410 e. The second-order valence-corrected chi connectivity index (χ2v) is 11.1. The fourth-order valence-corrected chi connectivity index (χ4v) is 5.71. The molecule has 39 heavy (non-hydrogen) atoms. The van der Waals surface area contributed by atoms with Crippen molar-refractivity contribution in [2.24, 2.45) is 0 Å². The lowest BCUT2D eigenvalue weighted by atomic mass is 9.96. The van der Waals surface area contributed by atoms with Crippen molar-refractivity contribution in [1.29, 1.82) is 0 Å². The maximum Gasteiger partial charge on any atom is 0.410 e. The molecule has 2 atom stereocenters. The number of hydrogen-bond acceptors (Lipinski definition) is 7. The van der Waals surface area contributed by atoms with E-state index < -0.39 is 17.2 Å². The highest BCUT2D eigenvalue weighted by molar-refractivity contribution is 6.36. The number of fused-ring (bicyclic) bond motifs is 3. The summed E-state index contributed by atoms with van der Waals surface area (Å²) in [7, 11) is 1.41. The number of carbonyl (C=O) groups excluding carboxylic acids is 1. The first-order valence-corrected chi connectivity index (χ1v) is 13.0. The lowest BCUT2D eigenvalue weighted by Crippen LogP contribution is -2.63. The molecule has 2 aliphatic heterocycles. The van der Waals surface area contributed by atoms with Crippen molar-refractivity contribution in [2.45, 2.75) is 44.9 Å². The molecule has 0 saturated carbocycles. The number of halogens is 3. The highest BCUT2D eigenvalue weighted by Gasteiger charge is 2.50. The SMILES string of the molecule is COc1nc(N2C[C@@H]3[C@H]2CCN3C(=O)OC(C)(C)C)c2cnc(-c3cccc4ccc(F)c(Cl)c34)c(F)c2n1. The third kappa shape index (κ3) is 4.17. The Kier molecular flexibility index (Phi) is 5.98. The number of carbonyl (C=O) groups is 1. The topological polar surface area (TPSA) is 80.7 Å².